The van der Waals surface area contributed by atoms with Gasteiger partial charge in [-0.25, -0.2) is 0 Å². The number of para-hydroxylation sites is 1. The normalized spacial score (nSPS) is 17.1. The highest BCUT2D eigenvalue weighted by molar-refractivity contribution is 5.85. The van der Waals surface area contributed by atoms with E-state index in [1.54, 1.807) is 22.9 Å². The Morgan fingerprint density at radius 3 is 2.92 bits per heavy atom. The lowest BCUT2D eigenvalue weighted by Gasteiger charge is -2.25. The molecule has 3 rings (SSSR count). The van der Waals surface area contributed by atoms with Crippen LogP contribution >= 0.6 is 12.4 Å². The van der Waals surface area contributed by atoms with Crippen molar-refractivity contribution in [3.05, 3.63) is 42.2 Å². The topological polar surface area (TPSA) is 72.3 Å². The minimum Gasteiger partial charge on any atom is -0.378 e. The molecule has 0 aliphatic carbocycles. The highest BCUT2D eigenvalue weighted by Crippen LogP contribution is 2.07. The largest absolute Gasteiger partial charge is 0.378 e. The van der Waals surface area contributed by atoms with E-state index in [2.05, 4.69) is 15.5 Å². The highest BCUT2D eigenvalue weighted by atomic mass is 35.5. The van der Waals surface area contributed by atoms with Gasteiger partial charge in [0.25, 0.3) is 0 Å². The van der Waals surface area contributed by atoms with Crippen molar-refractivity contribution in [1.29, 1.82) is 0 Å². The lowest BCUT2D eigenvalue weighted by Crippen LogP contribution is -2.44. The van der Waals surface area contributed by atoms with E-state index in [4.69, 9.17) is 4.74 Å². The Kier molecular flexibility index (Phi) is 6.72. The fraction of sp³-hybridized carbons (Fsp3) is 0.438. The summed E-state index contributed by atoms with van der Waals surface area (Å²) >= 11 is 0. The molecule has 0 saturated carbocycles. The van der Waals surface area contributed by atoms with Gasteiger partial charge in [0.15, 0.2) is 0 Å². The first-order valence-corrected chi connectivity index (χ1v) is 7.74. The number of carbonyl (C=O) groups excluding carboxylic acids is 1. The summed E-state index contributed by atoms with van der Waals surface area (Å²) in [7, 11) is 1.79. The molecule has 0 spiro atoms. The number of benzene rings is 1. The van der Waals surface area contributed by atoms with Crippen LogP contribution in [0.4, 0.5) is 0 Å². The third-order valence-corrected chi connectivity index (χ3v) is 3.77. The first-order chi connectivity index (χ1) is 11.2. The monoisotopic (exact) mass is 351 g/mol. The standard InChI is InChI=1S/C16H21N5O2.ClH/c1-20(16(22)9-13-12-23-8-7-17-13)11-14-10-18-21(19-14)15-5-3-2-4-6-15;/h2-6,10,13,17H,7-9,11-12H2,1H3;1H. The molecule has 2 aromatic rings. The minimum atomic E-state index is 0. The van der Waals surface area contributed by atoms with Crippen molar-refractivity contribution in [2.24, 2.45) is 0 Å². The number of rotatable bonds is 5. The molecule has 1 unspecified atom stereocenters. The fourth-order valence-corrected chi connectivity index (χ4v) is 2.50. The molecule has 1 N–H and O–H groups in total. The Hall–Kier alpha value is -1.96. The third-order valence-electron chi connectivity index (χ3n) is 3.77. The predicted octanol–water partition coefficient (Wildman–Crippen LogP) is 1.03. The Morgan fingerprint density at radius 2 is 2.21 bits per heavy atom. The van der Waals surface area contributed by atoms with Gasteiger partial charge in [-0.3, -0.25) is 4.79 Å². The second-order valence-electron chi connectivity index (χ2n) is 5.64. The van der Waals surface area contributed by atoms with E-state index in [1.165, 1.54) is 0 Å². The second-order valence-corrected chi connectivity index (χ2v) is 5.64. The van der Waals surface area contributed by atoms with Gasteiger partial charge < -0.3 is 15.0 Å². The van der Waals surface area contributed by atoms with Crippen LogP contribution in [0.25, 0.3) is 5.69 Å². The molecule has 1 aliphatic heterocycles. The first-order valence-electron chi connectivity index (χ1n) is 7.74. The molecular formula is C16H22ClN5O2. The van der Waals surface area contributed by atoms with Crippen molar-refractivity contribution >= 4 is 18.3 Å². The van der Waals surface area contributed by atoms with E-state index < -0.39 is 0 Å². The molecule has 8 heteroatoms. The number of nitrogens with one attached hydrogen (secondary N) is 1. The summed E-state index contributed by atoms with van der Waals surface area (Å²) in [5.41, 5.74) is 1.66. The molecule has 1 aromatic heterocycles. The van der Waals surface area contributed by atoms with Gasteiger partial charge >= 0.3 is 0 Å². The average Bonchev–Trinajstić information content (AvgIpc) is 3.05. The van der Waals surface area contributed by atoms with Crippen LogP contribution in [0.2, 0.25) is 0 Å². The molecule has 1 aliphatic rings. The van der Waals surface area contributed by atoms with Crippen LogP contribution in [0.5, 0.6) is 0 Å². The van der Waals surface area contributed by atoms with Crippen molar-refractivity contribution < 1.29 is 9.53 Å². The predicted molar refractivity (Wildman–Crippen MR) is 92.3 cm³/mol. The van der Waals surface area contributed by atoms with Crippen LogP contribution in [0, 0.1) is 0 Å². The molecule has 2 heterocycles. The summed E-state index contributed by atoms with van der Waals surface area (Å²) in [5, 5.41) is 12.0. The summed E-state index contributed by atoms with van der Waals surface area (Å²) in [5.74, 6) is 0.0715. The maximum absolute atomic E-state index is 12.3. The molecule has 24 heavy (non-hydrogen) atoms. The quantitative estimate of drug-likeness (QED) is 0.871. The number of ether oxygens (including phenoxy) is 1. The number of carbonyl (C=O) groups is 1. The van der Waals surface area contributed by atoms with Gasteiger partial charge in [-0.05, 0) is 12.1 Å². The summed E-state index contributed by atoms with van der Waals surface area (Å²) < 4.78 is 5.37. The fourth-order valence-electron chi connectivity index (χ4n) is 2.50. The van der Waals surface area contributed by atoms with Crippen LogP contribution in [0.1, 0.15) is 12.1 Å². The maximum atomic E-state index is 12.3. The molecule has 1 aromatic carbocycles. The lowest BCUT2D eigenvalue weighted by molar-refractivity contribution is -0.131. The first kappa shape index (κ1) is 18.4. The number of nitrogens with zero attached hydrogens (tertiary/aromatic N) is 4. The van der Waals surface area contributed by atoms with Crippen LogP contribution in [0.3, 0.4) is 0 Å². The molecule has 1 fully saturated rings. The molecule has 1 saturated heterocycles. The van der Waals surface area contributed by atoms with Crippen molar-refractivity contribution in [2.75, 3.05) is 26.8 Å². The Balaban J connectivity index is 0.00000208. The summed E-state index contributed by atoms with van der Waals surface area (Å²) in [6.07, 6.45) is 2.13. The van der Waals surface area contributed by atoms with Crippen LogP contribution < -0.4 is 5.32 Å². The maximum Gasteiger partial charge on any atom is 0.224 e. The van der Waals surface area contributed by atoms with Crippen LogP contribution in [-0.4, -0.2) is 58.6 Å². The van der Waals surface area contributed by atoms with Gasteiger partial charge in [-0.1, -0.05) is 18.2 Å². The van der Waals surface area contributed by atoms with Crippen molar-refractivity contribution in [3.63, 3.8) is 0 Å². The zero-order chi connectivity index (χ0) is 16.1. The summed E-state index contributed by atoms with van der Waals surface area (Å²) in [6.45, 7) is 2.54. The van der Waals surface area contributed by atoms with E-state index in [0.29, 0.717) is 26.2 Å². The zero-order valence-electron chi connectivity index (χ0n) is 13.6. The number of hydrogen-bond acceptors (Lipinski definition) is 5. The van der Waals surface area contributed by atoms with Gasteiger partial charge in [0.1, 0.15) is 5.69 Å². The van der Waals surface area contributed by atoms with Gasteiger partial charge in [-0.2, -0.15) is 15.0 Å². The molecule has 130 valence electrons. The number of morpholine rings is 1. The number of amides is 1. The van der Waals surface area contributed by atoms with Gasteiger partial charge in [0.2, 0.25) is 5.91 Å². The lowest BCUT2D eigenvalue weighted by atomic mass is 10.2. The van der Waals surface area contributed by atoms with Crippen molar-refractivity contribution in [2.45, 2.75) is 19.0 Å². The Labute approximate surface area is 147 Å². The Morgan fingerprint density at radius 1 is 1.42 bits per heavy atom. The van der Waals surface area contributed by atoms with Crippen LogP contribution in [0.15, 0.2) is 36.5 Å². The molecule has 0 bridgehead atoms. The smallest absolute Gasteiger partial charge is 0.224 e. The molecule has 1 atom stereocenters. The second kappa shape index (κ2) is 8.77. The number of aromatic nitrogens is 3. The molecular weight excluding hydrogens is 330 g/mol. The average molecular weight is 352 g/mol. The third kappa shape index (κ3) is 4.77. The van der Waals surface area contributed by atoms with E-state index >= 15 is 0 Å². The molecule has 7 nitrogen and oxygen atoms in total. The van der Waals surface area contributed by atoms with Crippen molar-refractivity contribution in [3.8, 4) is 5.69 Å². The molecule has 1 amide bonds. The van der Waals surface area contributed by atoms with Gasteiger partial charge in [0, 0.05) is 26.1 Å². The minimum absolute atomic E-state index is 0. The SMILES string of the molecule is CN(Cc1cnn(-c2ccccc2)n1)C(=O)CC1COCCN1.Cl. The van der Waals surface area contributed by atoms with Gasteiger partial charge in [-0.15, -0.1) is 12.4 Å². The number of hydrogen-bond donors (Lipinski definition) is 1. The van der Waals surface area contributed by atoms with E-state index in [0.717, 1.165) is 17.9 Å². The number of halogens is 1. The van der Waals surface area contributed by atoms with E-state index in [-0.39, 0.29) is 24.4 Å². The summed E-state index contributed by atoms with van der Waals surface area (Å²) in [4.78, 5) is 15.5. The van der Waals surface area contributed by atoms with Crippen molar-refractivity contribution in [1.82, 2.24) is 25.2 Å². The van der Waals surface area contributed by atoms with Crippen LogP contribution in [-0.2, 0) is 16.1 Å². The van der Waals surface area contributed by atoms with E-state index in [1.807, 2.05) is 30.3 Å². The van der Waals surface area contributed by atoms with Gasteiger partial charge in [0.05, 0.1) is 31.6 Å². The summed E-state index contributed by atoms with van der Waals surface area (Å²) in [6, 6.07) is 9.80. The molecule has 0 radical (unpaired) electrons. The Bertz CT molecular complexity index is 643. The highest BCUT2D eigenvalue weighted by Gasteiger charge is 2.20. The van der Waals surface area contributed by atoms with E-state index in [9.17, 15) is 4.79 Å². The zero-order valence-corrected chi connectivity index (χ0v) is 14.4.